The quantitative estimate of drug-likeness (QED) is 0.860. The molecule has 2 rings (SSSR count). The zero-order valence-electron chi connectivity index (χ0n) is 13.3. The van der Waals surface area contributed by atoms with Gasteiger partial charge in [-0.1, -0.05) is 12.1 Å². The van der Waals surface area contributed by atoms with Crippen molar-refractivity contribution in [1.29, 1.82) is 0 Å². The fraction of sp³-hybridized carbons (Fsp3) is 0.500. The van der Waals surface area contributed by atoms with Crippen LogP contribution in [0.15, 0.2) is 24.3 Å². The van der Waals surface area contributed by atoms with Gasteiger partial charge in [0, 0.05) is 6.04 Å². The number of esters is 1. The molecule has 0 amide bonds. The molecule has 1 aromatic heterocycles. The number of ether oxygens (including phenoxy) is 1. The number of carbonyl (C=O) groups is 1. The first-order chi connectivity index (χ1) is 9.95. The molecule has 1 heterocycles. The Balaban J connectivity index is 2.36. The topological polar surface area (TPSA) is 56.1 Å². The number of nitrogens with zero attached hydrogens (tertiary/aromatic N) is 2. The number of para-hydroxylation sites is 2. The molecular formula is C16H23N3O2. The van der Waals surface area contributed by atoms with Gasteiger partial charge in [-0.3, -0.25) is 10.1 Å². The summed E-state index contributed by atoms with van der Waals surface area (Å²) >= 11 is 0. The molecule has 0 aliphatic rings. The molecule has 0 bridgehead atoms. The Morgan fingerprint density at radius 3 is 2.52 bits per heavy atom. The molecule has 1 aromatic carbocycles. The van der Waals surface area contributed by atoms with E-state index >= 15 is 0 Å². The van der Waals surface area contributed by atoms with Gasteiger partial charge in [0.2, 0.25) is 0 Å². The summed E-state index contributed by atoms with van der Waals surface area (Å²) in [6.07, 6.45) is 0. The van der Waals surface area contributed by atoms with Gasteiger partial charge in [-0.25, -0.2) is 4.98 Å². The lowest BCUT2D eigenvalue weighted by molar-refractivity contribution is -0.142. The Hall–Kier alpha value is -1.88. The maximum atomic E-state index is 11.6. The minimum absolute atomic E-state index is 0.0473. The van der Waals surface area contributed by atoms with E-state index in [-0.39, 0.29) is 18.1 Å². The third kappa shape index (κ3) is 3.08. The summed E-state index contributed by atoms with van der Waals surface area (Å²) in [6, 6.07) is 7.96. The van der Waals surface area contributed by atoms with Crippen LogP contribution in [0.25, 0.3) is 11.0 Å². The second-order valence-corrected chi connectivity index (χ2v) is 5.56. The Kier molecular flexibility index (Phi) is 4.63. The lowest BCUT2D eigenvalue weighted by Crippen LogP contribution is -2.37. The van der Waals surface area contributed by atoms with Crippen molar-refractivity contribution in [3.63, 3.8) is 0 Å². The molecule has 2 aromatic rings. The first-order valence-corrected chi connectivity index (χ1v) is 7.26. The first kappa shape index (κ1) is 15.5. The van der Waals surface area contributed by atoms with E-state index in [2.05, 4.69) is 29.8 Å². The number of fused-ring (bicyclic) bond motifs is 1. The standard InChI is InChI=1S/C16H23N3O2/c1-10(2)19-14-9-7-6-8-13(14)18-15(19)11(3)17-12(4)16(20)21-5/h6-12,17H,1-5H3/t11-,12+/m1/s1. The predicted molar refractivity (Wildman–Crippen MR) is 83.1 cm³/mol. The monoisotopic (exact) mass is 289 g/mol. The average Bonchev–Trinajstić information content (AvgIpc) is 2.85. The van der Waals surface area contributed by atoms with E-state index in [9.17, 15) is 4.79 Å². The van der Waals surface area contributed by atoms with Crippen molar-refractivity contribution in [2.24, 2.45) is 0 Å². The highest BCUT2D eigenvalue weighted by Gasteiger charge is 2.22. The average molecular weight is 289 g/mol. The molecule has 0 fully saturated rings. The molecule has 2 atom stereocenters. The van der Waals surface area contributed by atoms with Gasteiger partial charge >= 0.3 is 5.97 Å². The summed E-state index contributed by atoms with van der Waals surface area (Å²) in [5, 5.41) is 3.25. The zero-order chi connectivity index (χ0) is 15.6. The number of hydrogen-bond acceptors (Lipinski definition) is 4. The van der Waals surface area contributed by atoms with Crippen molar-refractivity contribution in [1.82, 2.24) is 14.9 Å². The molecule has 5 heteroatoms. The van der Waals surface area contributed by atoms with Crippen LogP contribution in [0.3, 0.4) is 0 Å². The molecule has 1 N–H and O–H groups in total. The molecule has 21 heavy (non-hydrogen) atoms. The molecule has 0 saturated carbocycles. The number of aromatic nitrogens is 2. The van der Waals surface area contributed by atoms with Crippen LogP contribution in [0.1, 0.15) is 45.6 Å². The molecule has 0 saturated heterocycles. The van der Waals surface area contributed by atoms with Crippen molar-refractivity contribution in [2.75, 3.05) is 7.11 Å². The molecule has 0 unspecified atom stereocenters. The Morgan fingerprint density at radius 2 is 1.90 bits per heavy atom. The van der Waals surface area contributed by atoms with Crippen molar-refractivity contribution in [2.45, 2.75) is 45.8 Å². The largest absolute Gasteiger partial charge is 0.468 e. The van der Waals surface area contributed by atoms with E-state index < -0.39 is 0 Å². The van der Waals surface area contributed by atoms with Gasteiger partial charge in [0.15, 0.2) is 0 Å². The van der Waals surface area contributed by atoms with Crippen LogP contribution in [0.5, 0.6) is 0 Å². The number of rotatable bonds is 5. The zero-order valence-corrected chi connectivity index (χ0v) is 13.3. The van der Waals surface area contributed by atoms with Crippen LogP contribution in [0.4, 0.5) is 0 Å². The van der Waals surface area contributed by atoms with Gasteiger partial charge in [0.05, 0.1) is 24.2 Å². The van der Waals surface area contributed by atoms with Crippen molar-refractivity contribution in [3.05, 3.63) is 30.1 Å². The van der Waals surface area contributed by atoms with Gasteiger partial charge in [-0.2, -0.15) is 0 Å². The second-order valence-electron chi connectivity index (χ2n) is 5.56. The predicted octanol–water partition coefficient (Wildman–Crippen LogP) is 2.83. The summed E-state index contributed by atoms with van der Waals surface area (Å²) in [7, 11) is 1.40. The van der Waals surface area contributed by atoms with Gasteiger partial charge in [0.25, 0.3) is 0 Å². The normalized spacial score (nSPS) is 14.4. The highest BCUT2D eigenvalue weighted by Crippen LogP contribution is 2.25. The fourth-order valence-corrected chi connectivity index (χ4v) is 2.61. The van der Waals surface area contributed by atoms with E-state index in [4.69, 9.17) is 9.72 Å². The molecule has 0 aliphatic heterocycles. The van der Waals surface area contributed by atoms with Crippen molar-refractivity contribution < 1.29 is 9.53 Å². The van der Waals surface area contributed by atoms with E-state index in [0.717, 1.165) is 16.9 Å². The number of nitrogens with one attached hydrogen (secondary N) is 1. The van der Waals surface area contributed by atoms with Gasteiger partial charge < -0.3 is 9.30 Å². The lowest BCUT2D eigenvalue weighted by Gasteiger charge is -2.21. The maximum Gasteiger partial charge on any atom is 0.322 e. The molecule has 5 nitrogen and oxygen atoms in total. The molecule has 114 valence electrons. The highest BCUT2D eigenvalue weighted by atomic mass is 16.5. The van der Waals surface area contributed by atoms with Gasteiger partial charge in [-0.05, 0) is 39.8 Å². The van der Waals surface area contributed by atoms with Crippen LogP contribution in [-0.2, 0) is 9.53 Å². The van der Waals surface area contributed by atoms with E-state index in [1.54, 1.807) is 6.92 Å². The number of imidazole rings is 1. The van der Waals surface area contributed by atoms with Crippen molar-refractivity contribution in [3.8, 4) is 0 Å². The first-order valence-electron chi connectivity index (χ1n) is 7.26. The molecule has 0 radical (unpaired) electrons. The third-order valence-electron chi connectivity index (χ3n) is 3.58. The highest BCUT2D eigenvalue weighted by molar-refractivity contribution is 5.76. The van der Waals surface area contributed by atoms with Crippen LogP contribution in [0, 0.1) is 0 Å². The maximum absolute atomic E-state index is 11.6. The number of hydrogen-bond donors (Lipinski definition) is 1. The fourth-order valence-electron chi connectivity index (χ4n) is 2.61. The summed E-state index contributed by atoms with van der Waals surface area (Å²) in [6.45, 7) is 8.08. The van der Waals surface area contributed by atoms with Crippen molar-refractivity contribution >= 4 is 17.0 Å². The molecule has 0 spiro atoms. The van der Waals surface area contributed by atoms with Crippen LogP contribution in [0.2, 0.25) is 0 Å². The number of carbonyl (C=O) groups excluding carboxylic acids is 1. The Bertz CT molecular complexity index is 633. The molecule has 0 aliphatic carbocycles. The minimum atomic E-state index is -0.370. The summed E-state index contributed by atoms with van der Waals surface area (Å²) in [4.78, 5) is 16.3. The summed E-state index contributed by atoms with van der Waals surface area (Å²) in [5.41, 5.74) is 2.09. The van der Waals surface area contributed by atoms with Crippen LogP contribution < -0.4 is 5.32 Å². The number of methoxy groups -OCH3 is 1. The third-order valence-corrected chi connectivity index (χ3v) is 3.58. The minimum Gasteiger partial charge on any atom is -0.468 e. The molecular weight excluding hydrogens is 266 g/mol. The van der Waals surface area contributed by atoms with Gasteiger partial charge in [0.1, 0.15) is 11.9 Å². The van der Waals surface area contributed by atoms with Gasteiger partial charge in [-0.15, -0.1) is 0 Å². The summed E-state index contributed by atoms with van der Waals surface area (Å²) < 4.78 is 6.96. The second kappa shape index (κ2) is 6.26. The van der Waals surface area contributed by atoms with E-state index in [0.29, 0.717) is 6.04 Å². The number of benzene rings is 1. The summed E-state index contributed by atoms with van der Waals surface area (Å²) in [5.74, 6) is 0.663. The SMILES string of the molecule is COC(=O)[C@H](C)N[C@H](C)c1nc2ccccc2n1C(C)C. The van der Waals surface area contributed by atoms with Crippen LogP contribution in [-0.4, -0.2) is 28.7 Å². The Morgan fingerprint density at radius 1 is 1.24 bits per heavy atom. The van der Waals surface area contributed by atoms with E-state index in [1.807, 2.05) is 25.1 Å². The van der Waals surface area contributed by atoms with Crippen LogP contribution >= 0.6 is 0 Å². The van der Waals surface area contributed by atoms with E-state index in [1.165, 1.54) is 7.11 Å². The Labute approximate surface area is 125 Å². The lowest BCUT2D eigenvalue weighted by atomic mass is 10.2. The smallest absolute Gasteiger partial charge is 0.322 e.